The number of halogens is 2. The lowest BCUT2D eigenvalue weighted by atomic mass is 10.2. The van der Waals surface area contributed by atoms with Gasteiger partial charge in [0.2, 0.25) is 11.0 Å². The Kier molecular flexibility index (Phi) is 8.98. The van der Waals surface area contributed by atoms with E-state index < -0.39 is 0 Å². The highest BCUT2D eigenvalue weighted by Crippen LogP contribution is 2.27. The first-order valence-corrected chi connectivity index (χ1v) is 13.4. The average molecular weight is 579 g/mol. The number of rotatable bonds is 10. The largest absolute Gasteiger partial charge is 0.482 e. The van der Waals surface area contributed by atoms with Crippen molar-refractivity contribution in [1.82, 2.24) is 30.3 Å². The van der Waals surface area contributed by atoms with Crippen molar-refractivity contribution in [1.29, 1.82) is 0 Å². The Hall–Kier alpha value is -3.19. The Morgan fingerprint density at radius 3 is 2.62 bits per heavy atom. The molecule has 0 spiro atoms. The molecule has 0 aliphatic heterocycles. The van der Waals surface area contributed by atoms with E-state index in [0.29, 0.717) is 31.9 Å². The summed E-state index contributed by atoms with van der Waals surface area (Å²) in [6.07, 6.45) is 0. The number of thioether (sulfide) groups is 1. The summed E-state index contributed by atoms with van der Waals surface area (Å²) in [5, 5.41) is 24.3. The number of anilines is 1. The van der Waals surface area contributed by atoms with Crippen LogP contribution in [0.1, 0.15) is 16.4 Å². The first-order chi connectivity index (χ1) is 17.8. The number of nitrogens with zero attached hydrogens (tertiary/aromatic N) is 5. The summed E-state index contributed by atoms with van der Waals surface area (Å²) in [4.78, 5) is 24.8. The fourth-order valence-corrected chi connectivity index (χ4v) is 4.97. The molecule has 0 aliphatic rings. The highest BCUT2D eigenvalue weighted by Gasteiger charge is 2.18. The van der Waals surface area contributed by atoms with Gasteiger partial charge in [-0.15, -0.1) is 20.4 Å². The highest BCUT2D eigenvalue weighted by molar-refractivity contribution is 7.99. The van der Waals surface area contributed by atoms with Crippen molar-refractivity contribution in [3.8, 4) is 11.4 Å². The van der Waals surface area contributed by atoms with Crippen molar-refractivity contribution in [2.24, 2.45) is 0 Å². The van der Waals surface area contributed by atoms with Crippen molar-refractivity contribution in [2.75, 3.05) is 17.7 Å². The lowest BCUT2D eigenvalue weighted by molar-refractivity contribution is -0.123. The maximum Gasteiger partial charge on any atom is 0.258 e. The van der Waals surface area contributed by atoms with Crippen molar-refractivity contribution in [2.45, 2.75) is 25.5 Å². The molecule has 2 amide bonds. The van der Waals surface area contributed by atoms with Crippen LogP contribution in [-0.4, -0.2) is 49.1 Å². The fraction of sp³-hybridized carbons (Fsp3) is 0.217. The maximum atomic E-state index is 12.4. The van der Waals surface area contributed by atoms with E-state index in [9.17, 15) is 9.59 Å². The summed E-state index contributed by atoms with van der Waals surface area (Å²) in [5.41, 5.74) is 1.84. The zero-order chi connectivity index (χ0) is 26.4. The fourth-order valence-electron chi connectivity index (χ4n) is 3.13. The Balaban J connectivity index is 1.42. The lowest BCUT2D eigenvalue weighted by Gasteiger charge is -2.12. The number of hydrogen-bond donors (Lipinski definition) is 2. The SMILES string of the molecule is Cc1cccc(-n2c(CNC(=O)COc3ccc(Cl)cc3Cl)nnc2SCC(=O)Nc2nnc(C)s2)c1. The minimum atomic E-state index is -0.370. The standard InChI is InChI=1S/C23H21Cl2N7O3S2/c1-13-4-3-5-16(8-13)32-19(10-26-20(33)11-35-18-7-6-15(24)9-17(18)25)29-31-23(32)36-12-21(34)27-22-30-28-14(2)37-22/h3-9H,10-12H2,1-2H3,(H,26,33)(H,27,30,34). The number of amides is 2. The van der Waals surface area contributed by atoms with Crippen molar-refractivity contribution in [3.63, 3.8) is 0 Å². The number of ether oxygens (including phenoxy) is 1. The number of carbonyl (C=O) groups is 2. The van der Waals surface area contributed by atoms with E-state index in [1.165, 1.54) is 29.2 Å². The average Bonchev–Trinajstić information content (AvgIpc) is 3.46. The van der Waals surface area contributed by atoms with Gasteiger partial charge in [0.15, 0.2) is 17.6 Å². The molecular weight excluding hydrogens is 557 g/mol. The maximum absolute atomic E-state index is 12.4. The second kappa shape index (κ2) is 12.4. The molecule has 0 fully saturated rings. The number of hydrogen-bond acceptors (Lipinski definition) is 9. The van der Waals surface area contributed by atoms with E-state index in [0.717, 1.165) is 16.3 Å². The molecule has 2 aromatic carbocycles. The summed E-state index contributed by atoms with van der Waals surface area (Å²) in [7, 11) is 0. The third kappa shape index (κ3) is 7.41. The second-order valence-corrected chi connectivity index (χ2v) is 10.6. The predicted molar refractivity (Wildman–Crippen MR) is 144 cm³/mol. The Bertz CT molecular complexity index is 1430. The van der Waals surface area contributed by atoms with Crippen molar-refractivity contribution in [3.05, 3.63) is 68.9 Å². The smallest absolute Gasteiger partial charge is 0.258 e. The van der Waals surface area contributed by atoms with Gasteiger partial charge in [0, 0.05) is 10.7 Å². The summed E-state index contributed by atoms with van der Waals surface area (Å²) < 4.78 is 7.29. The molecule has 0 aliphatic carbocycles. The summed E-state index contributed by atoms with van der Waals surface area (Å²) in [6.45, 7) is 3.63. The zero-order valence-electron chi connectivity index (χ0n) is 19.7. The van der Waals surface area contributed by atoms with E-state index in [4.69, 9.17) is 27.9 Å². The third-order valence-corrected chi connectivity index (χ3v) is 6.97. The van der Waals surface area contributed by atoms with Gasteiger partial charge < -0.3 is 10.1 Å². The molecule has 4 rings (SSSR count). The van der Waals surface area contributed by atoms with Crippen LogP contribution in [0.5, 0.6) is 5.75 Å². The number of benzene rings is 2. The first-order valence-electron chi connectivity index (χ1n) is 10.9. The van der Waals surface area contributed by atoms with E-state index >= 15 is 0 Å². The summed E-state index contributed by atoms with van der Waals surface area (Å²) in [5.74, 6) is 0.319. The first kappa shape index (κ1) is 26.9. The molecule has 0 saturated carbocycles. The van der Waals surface area contributed by atoms with Crippen LogP contribution in [0.3, 0.4) is 0 Å². The van der Waals surface area contributed by atoms with Gasteiger partial charge in [-0.3, -0.25) is 19.5 Å². The van der Waals surface area contributed by atoms with Gasteiger partial charge >= 0.3 is 0 Å². The quantitative estimate of drug-likeness (QED) is 0.264. The number of carbonyl (C=O) groups excluding carboxylic acids is 2. The van der Waals surface area contributed by atoms with Crippen LogP contribution in [0, 0.1) is 13.8 Å². The lowest BCUT2D eigenvalue weighted by Crippen LogP contribution is -2.29. The molecule has 2 heterocycles. The van der Waals surface area contributed by atoms with Crippen LogP contribution < -0.4 is 15.4 Å². The molecule has 14 heteroatoms. The van der Waals surface area contributed by atoms with Crippen molar-refractivity contribution >= 4 is 63.2 Å². The molecule has 0 atom stereocenters. The normalized spacial score (nSPS) is 10.8. The summed E-state index contributed by atoms with van der Waals surface area (Å²) in [6, 6.07) is 12.5. The minimum Gasteiger partial charge on any atom is -0.482 e. The number of nitrogens with one attached hydrogen (secondary N) is 2. The molecule has 0 unspecified atom stereocenters. The van der Waals surface area contributed by atoms with Crippen LogP contribution in [-0.2, 0) is 16.1 Å². The third-order valence-electron chi connectivity index (χ3n) is 4.76. The van der Waals surface area contributed by atoms with E-state index in [-0.39, 0.29) is 30.7 Å². The van der Waals surface area contributed by atoms with Crippen LogP contribution in [0.25, 0.3) is 5.69 Å². The van der Waals surface area contributed by atoms with Crippen LogP contribution in [0.4, 0.5) is 5.13 Å². The van der Waals surface area contributed by atoms with Crippen LogP contribution >= 0.6 is 46.3 Å². The van der Waals surface area contributed by atoms with Crippen LogP contribution in [0.2, 0.25) is 10.0 Å². The minimum absolute atomic E-state index is 0.0879. The van der Waals surface area contributed by atoms with Gasteiger partial charge in [-0.2, -0.15) is 0 Å². The molecule has 2 N–H and O–H groups in total. The predicted octanol–water partition coefficient (Wildman–Crippen LogP) is 4.47. The molecule has 4 aromatic rings. The number of aromatic nitrogens is 5. The molecule has 0 radical (unpaired) electrons. The van der Waals surface area contributed by atoms with Gasteiger partial charge in [0.25, 0.3) is 5.91 Å². The van der Waals surface area contributed by atoms with Gasteiger partial charge in [-0.25, -0.2) is 0 Å². The van der Waals surface area contributed by atoms with Crippen LogP contribution in [0.15, 0.2) is 47.6 Å². The molecule has 37 heavy (non-hydrogen) atoms. The molecule has 0 bridgehead atoms. The van der Waals surface area contributed by atoms with Gasteiger partial charge in [-0.05, 0) is 49.7 Å². The van der Waals surface area contributed by atoms with Gasteiger partial charge in [0.05, 0.1) is 17.3 Å². The van der Waals surface area contributed by atoms with E-state index in [1.807, 2.05) is 38.1 Å². The Morgan fingerprint density at radius 1 is 1.05 bits per heavy atom. The van der Waals surface area contributed by atoms with E-state index in [2.05, 4.69) is 31.0 Å². The molecular formula is C23H21Cl2N7O3S2. The zero-order valence-corrected chi connectivity index (χ0v) is 22.8. The highest BCUT2D eigenvalue weighted by atomic mass is 35.5. The topological polar surface area (TPSA) is 124 Å². The summed E-state index contributed by atoms with van der Waals surface area (Å²) >= 11 is 14.5. The molecule has 10 nitrogen and oxygen atoms in total. The monoisotopic (exact) mass is 577 g/mol. The second-order valence-electron chi connectivity index (χ2n) is 7.68. The molecule has 2 aromatic heterocycles. The molecule has 192 valence electrons. The number of aryl methyl sites for hydroxylation is 2. The van der Waals surface area contributed by atoms with Gasteiger partial charge in [-0.1, -0.05) is 58.4 Å². The van der Waals surface area contributed by atoms with E-state index in [1.54, 1.807) is 16.7 Å². The van der Waals surface area contributed by atoms with Gasteiger partial charge in [0.1, 0.15) is 10.8 Å². The molecule has 0 saturated heterocycles. The van der Waals surface area contributed by atoms with Crippen molar-refractivity contribution < 1.29 is 14.3 Å². The Labute approximate surface area is 230 Å². The Morgan fingerprint density at radius 2 is 1.89 bits per heavy atom.